The topological polar surface area (TPSA) is 49.3 Å². The molecule has 3 heteroatoms. The highest BCUT2D eigenvalue weighted by atomic mass is 16.4. The van der Waals surface area contributed by atoms with Gasteiger partial charge >= 0.3 is 5.97 Å². The minimum Gasteiger partial charge on any atom is -0.480 e. The van der Waals surface area contributed by atoms with Crippen LogP contribution in [0.15, 0.2) is 0 Å². The van der Waals surface area contributed by atoms with E-state index in [4.69, 9.17) is 5.11 Å². The summed E-state index contributed by atoms with van der Waals surface area (Å²) < 4.78 is 0. The number of hydrogen-bond donors (Lipinski definition) is 2. The Balaban J connectivity index is 3.92. The van der Waals surface area contributed by atoms with Gasteiger partial charge in [0.1, 0.15) is 6.04 Å². The maximum absolute atomic E-state index is 10.7. The molecule has 78 valence electrons. The number of carboxylic acids is 1. The zero-order valence-electron chi connectivity index (χ0n) is 9.05. The number of rotatable bonds is 6. The predicted octanol–water partition coefficient (Wildman–Crippen LogP) is 1.88. The molecule has 0 amide bonds. The Morgan fingerprint density at radius 3 is 2.31 bits per heavy atom. The van der Waals surface area contributed by atoms with Gasteiger partial charge in [-0.15, -0.1) is 0 Å². The van der Waals surface area contributed by atoms with Crippen LogP contribution in [0.5, 0.6) is 0 Å². The minimum absolute atomic E-state index is 0.183. The van der Waals surface area contributed by atoms with Crippen LogP contribution in [0.2, 0.25) is 0 Å². The second kappa shape index (κ2) is 5.22. The largest absolute Gasteiger partial charge is 0.480 e. The first-order chi connectivity index (χ1) is 5.93. The summed E-state index contributed by atoms with van der Waals surface area (Å²) in [6, 6.07) is -0.397. The molecular formula is C10H21NO2. The summed E-state index contributed by atoms with van der Waals surface area (Å²) in [5, 5.41) is 11.8. The second-order valence-electron chi connectivity index (χ2n) is 4.20. The highest BCUT2D eigenvalue weighted by Gasteiger charge is 2.19. The van der Waals surface area contributed by atoms with Gasteiger partial charge in [-0.1, -0.05) is 27.7 Å². The summed E-state index contributed by atoms with van der Waals surface area (Å²) in [5.41, 5.74) is 0.183. The van der Waals surface area contributed by atoms with Crippen molar-refractivity contribution in [2.75, 3.05) is 6.54 Å². The number of carboxylic acid groups (broad SMARTS) is 1. The third-order valence-corrected chi connectivity index (χ3v) is 2.49. The first-order valence-electron chi connectivity index (χ1n) is 4.89. The van der Waals surface area contributed by atoms with Crippen molar-refractivity contribution < 1.29 is 9.90 Å². The molecule has 0 aliphatic heterocycles. The summed E-state index contributed by atoms with van der Waals surface area (Å²) in [6.45, 7) is 9.02. The molecule has 0 saturated heterocycles. The minimum atomic E-state index is -0.755. The highest BCUT2D eigenvalue weighted by Crippen LogP contribution is 2.18. The van der Waals surface area contributed by atoms with E-state index in [0.717, 1.165) is 13.0 Å². The van der Waals surface area contributed by atoms with Crippen molar-refractivity contribution in [3.63, 3.8) is 0 Å². The Morgan fingerprint density at radius 1 is 1.46 bits per heavy atom. The monoisotopic (exact) mass is 187 g/mol. The molecule has 1 unspecified atom stereocenters. The van der Waals surface area contributed by atoms with E-state index in [2.05, 4.69) is 26.1 Å². The van der Waals surface area contributed by atoms with Crippen LogP contribution in [0.1, 0.15) is 40.5 Å². The van der Waals surface area contributed by atoms with Crippen LogP contribution in [0.4, 0.5) is 0 Å². The van der Waals surface area contributed by atoms with Gasteiger partial charge in [0.05, 0.1) is 0 Å². The van der Waals surface area contributed by atoms with E-state index in [9.17, 15) is 4.79 Å². The van der Waals surface area contributed by atoms with Gasteiger partial charge < -0.3 is 10.4 Å². The van der Waals surface area contributed by atoms with E-state index in [1.807, 2.05) is 6.92 Å². The number of carbonyl (C=O) groups is 1. The van der Waals surface area contributed by atoms with Crippen LogP contribution in [0, 0.1) is 5.41 Å². The predicted molar refractivity (Wildman–Crippen MR) is 53.8 cm³/mol. The van der Waals surface area contributed by atoms with E-state index in [1.165, 1.54) is 0 Å². The summed E-state index contributed by atoms with van der Waals surface area (Å²) in [7, 11) is 0. The molecule has 0 saturated carbocycles. The molecule has 0 aromatic carbocycles. The molecule has 0 rings (SSSR count). The molecule has 2 N–H and O–H groups in total. The maximum atomic E-state index is 10.7. The van der Waals surface area contributed by atoms with Crippen LogP contribution in [-0.4, -0.2) is 23.7 Å². The van der Waals surface area contributed by atoms with E-state index >= 15 is 0 Å². The van der Waals surface area contributed by atoms with Crippen LogP contribution in [-0.2, 0) is 4.79 Å². The van der Waals surface area contributed by atoms with Crippen LogP contribution >= 0.6 is 0 Å². The average Bonchev–Trinajstić information content (AvgIpc) is 2.05. The molecule has 0 aromatic heterocycles. The second-order valence-corrected chi connectivity index (χ2v) is 4.20. The van der Waals surface area contributed by atoms with Gasteiger partial charge in [-0.25, -0.2) is 0 Å². The van der Waals surface area contributed by atoms with Gasteiger partial charge in [0.15, 0.2) is 0 Å². The first kappa shape index (κ1) is 12.4. The Bertz CT molecular complexity index is 166. The SMILES string of the molecule is CCC(NCC(C)(C)CC)C(=O)O. The standard InChI is InChI=1S/C10H21NO2/c1-5-8(9(12)13)11-7-10(3,4)6-2/h8,11H,5-7H2,1-4H3,(H,12,13). The third kappa shape index (κ3) is 4.88. The van der Waals surface area contributed by atoms with Crippen LogP contribution < -0.4 is 5.32 Å². The van der Waals surface area contributed by atoms with E-state index in [0.29, 0.717) is 6.42 Å². The van der Waals surface area contributed by atoms with Crippen molar-refractivity contribution in [2.45, 2.75) is 46.6 Å². The lowest BCUT2D eigenvalue weighted by Crippen LogP contribution is -2.41. The molecule has 0 heterocycles. The van der Waals surface area contributed by atoms with Crippen LogP contribution in [0.3, 0.4) is 0 Å². The van der Waals surface area contributed by atoms with Crippen molar-refractivity contribution in [2.24, 2.45) is 5.41 Å². The van der Waals surface area contributed by atoms with Crippen molar-refractivity contribution in [1.29, 1.82) is 0 Å². The lowest BCUT2D eigenvalue weighted by molar-refractivity contribution is -0.139. The summed E-state index contributed by atoms with van der Waals surface area (Å²) >= 11 is 0. The fourth-order valence-electron chi connectivity index (χ4n) is 0.931. The van der Waals surface area contributed by atoms with Gasteiger partial charge in [-0.05, 0) is 18.3 Å². The molecule has 0 fully saturated rings. The zero-order chi connectivity index (χ0) is 10.5. The Hall–Kier alpha value is -0.570. The smallest absolute Gasteiger partial charge is 0.320 e. The van der Waals surface area contributed by atoms with Gasteiger partial charge in [0, 0.05) is 6.54 Å². The summed E-state index contributed by atoms with van der Waals surface area (Å²) in [5.74, 6) is -0.755. The molecule has 1 atom stereocenters. The van der Waals surface area contributed by atoms with E-state index in [-0.39, 0.29) is 5.41 Å². The fourth-order valence-corrected chi connectivity index (χ4v) is 0.931. The van der Waals surface area contributed by atoms with Gasteiger partial charge in [-0.3, -0.25) is 4.79 Å². The fraction of sp³-hybridized carbons (Fsp3) is 0.900. The van der Waals surface area contributed by atoms with E-state index in [1.54, 1.807) is 0 Å². The van der Waals surface area contributed by atoms with Crippen molar-refractivity contribution in [1.82, 2.24) is 5.32 Å². The number of hydrogen-bond acceptors (Lipinski definition) is 2. The van der Waals surface area contributed by atoms with Gasteiger partial charge in [0.2, 0.25) is 0 Å². The molecular weight excluding hydrogens is 166 g/mol. The van der Waals surface area contributed by atoms with Crippen molar-refractivity contribution >= 4 is 5.97 Å². The molecule has 0 aliphatic carbocycles. The molecule has 0 bridgehead atoms. The molecule has 0 aliphatic rings. The molecule has 0 spiro atoms. The Morgan fingerprint density at radius 2 is 2.00 bits per heavy atom. The average molecular weight is 187 g/mol. The Labute approximate surface area is 80.5 Å². The van der Waals surface area contributed by atoms with E-state index < -0.39 is 12.0 Å². The number of aliphatic carboxylic acids is 1. The lowest BCUT2D eigenvalue weighted by Gasteiger charge is -2.25. The van der Waals surface area contributed by atoms with Crippen molar-refractivity contribution in [3.05, 3.63) is 0 Å². The zero-order valence-corrected chi connectivity index (χ0v) is 9.05. The Kier molecular flexibility index (Phi) is 4.99. The van der Waals surface area contributed by atoms with Gasteiger partial charge in [0.25, 0.3) is 0 Å². The highest BCUT2D eigenvalue weighted by molar-refractivity contribution is 5.73. The summed E-state index contributed by atoms with van der Waals surface area (Å²) in [4.78, 5) is 10.7. The third-order valence-electron chi connectivity index (χ3n) is 2.49. The number of nitrogens with one attached hydrogen (secondary N) is 1. The molecule has 3 nitrogen and oxygen atoms in total. The molecule has 0 aromatic rings. The normalized spacial score (nSPS) is 14.2. The summed E-state index contributed by atoms with van der Waals surface area (Å²) in [6.07, 6.45) is 1.69. The lowest BCUT2D eigenvalue weighted by atomic mass is 9.90. The van der Waals surface area contributed by atoms with Crippen molar-refractivity contribution in [3.8, 4) is 0 Å². The molecule has 0 radical (unpaired) electrons. The van der Waals surface area contributed by atoms with Crippen LogP contribution in [0.25, 0.3) is 0 Å². The quantitative estimate of drug-likeness (QED) is 0.667. The molecule has 13 heavy (non-hydrogen) atoms. The first-order valence-corrected chi connectivity index (χ1v) is 4.89. The maximum Gasteiger partial charge on any atom is 0.320 e. The van der Waals surface area contributed by atoms with Gasteiger partial charge in [-0.2, -0.15) is 0 Å².